The third-order valence-corrected chi connectivity index (χ3v) is 11.6. The van der Waals surface area contributed by atoms with Crippen molar-refractivity contribution in [1.82, 2.24) is 20.9 Å². The van der Waals surface area contributed by atoms with Crippen molar-refractivity contribution in [3.63, 3.8) is 0 Å². The Bertz CT molecular complexity index is 2190. The summed E-state index contributed by atoms with van der Waals surface area (Å²) in [5.41, 5.74) is 3.69. The highest BCUT2D eigenvalue weighted by atomic mass is 16.7. The Morgan fingerprint density at radius 3 is 1.60 bits per heavy atom. The van der Waals surface area contributed by atoms with Gasteiger partial charge in [-0.05, 0) is 40.8 Å². The van der Waals surface area contributed by atoms with Gasteiger partial charge in [0, 0.05) is 46.8 Å². The maximum Gasteiger partial charge on any atom is 0.303 e. The van der Waals surface area contributed by atoms with E-state index in [1.165, 1.54) is 25.7 Å². The molecule has 1 saturated heterocycles. The number of amides is 3. The van der Waals surface area contributed by atoms with E-state index >= 15 is 0 Å². The first-order chi connectivity index (χ1) is 38.8. The van der Waals surface area contributed by atoms with E-state index in [9.17, 15) is 28.8 Å². The Balaban J connectivity index is 1.37. The van der Waals surface area contributed by atoms with Gasteiger partial charge in [0.15, 0.2) is 12.4 Å². The molecule has 1 unspecified atom stereocenters. The first-order valence-corrected chi connectivity index (χ1v) is 26.7. The molecule has 0 spiro atoms. The maximum absolute atomic E-state index is 14.3. The van der Waals surface area contributed by atoms with Gasteiger partial charge in [0.05, 0.1) is 118 Å². The van der Waals surface area contributed by atoms with Gasteiger partial charge in [0.1, 0.15) is 31.2 Å². The van der Waals surface area contributed by atoms with Crippen LogP contribution in [0.15, 0.2) is 78.9 Å². The number of benzene rings is 3. The Labute approximate surface area is 467 Å². The molecule has 5 N–H and O–H groups in total. The number of aliphatic hydroxyl groups is 2. The second-order valence-corrected chi connectivity index (χ2v) is 18.0. The maximum atomic E-state index is 14.3. The lowest BCUT2D eigenvalue weighted by Crippen LogP contribution is -2.54. The summed E-state index contributed by atoms with van der Waals surface area (Å²) in [6.07, 6.45) is -3.67. The number of nitrogens with zero attached hydrogens (tertiary/aromatic N) is 1. The molecular weight excluding hydrogens is 1050 g/mol. The average molecular weight is 1130 g/mol. The summed E-state index contributed by atoms with van der Waals surface area (Å²) >= 11 is 0. The Kier molecular flexibility index (Phi) is 33.2. The number of rotatable bonds is 42. The van der Waals surface area contributed by atoms with Gasteiger partial charge in [0.2, 0.25) is 17.7 Å². The second-order valence-electron chi connectivity index (χ2n) is 18.0. The van der Waals surface area contributed by atoms with Crippen LogP contribution in [-0.2, 0) is 93.9 Å². The molecule has 5 atom stereocenters. The average Bonchev–Trinajstić information content (AvgIpc) is 3.48. The number of ether oxygens (including phenoxy) is 12. The van der Waals surface area contributed by atoms with Gasteiger partial charge in [-0.15, -0.1) is 0 Å². The van der Waals surface area contributed by atoms with Gasteiger partial charge < -0.3 is 83.0 Å². The van der Waals surface area contributed by atoms with Gasteiger partial charge in [-0.25, -0.2) is 0 Å². The van der Waals surface area contributed by atoms with Crippen LogP contribution in [0.5, 0.6) is 5.75 Å². The molecule has 3 aromatic rings. The predicted octanol–water partition coefficient (Wildman–Crippen LogP) is 1.14. The van der Waals surface area contributed by atoms with Crippen LogP contribution in [0.2, 0.25) is 0 Å². The quantitative estimate of drug-likeness (QED) is 0.0302. The zero-order valence-corrected chi connectivity index (χ0v) is 46.1. The summed E-state index contributed by atoms with van der Waals surface area (Å²) < 4.78 is 66.5. The fourth-order valence-corrected chi connectivity index (χ4v) is 7.91. The minimum atomic E-state index is -1.03. The number of hydrogen-bond donors (Lipinski definition) is 5. The molecule has 0 radical (unpaired) electrons. The van der Waals surface area contributed by atoms with Crippen LogP contribution >= 0.6 is 0 Å². The van der Waals surface area contributed by atoms with E-state index in [1.54, 1.807) is 0 Å². The molecule has 80 heavy (non-hydrogen) atoms. The molecule has 0 saturated carbocycles. The van der Waals surface area contributed by atoms with Crippen LogP contribution in [0.1, 0.15) is 38.3 Å². The highest BCUT2D eigenvalue weighted by Crippen LogP contribution is 2.28. The minimum Gasteiger partial charge on any atom is -0.489 e. The van der Waals surface area contributed by atoms with E-state index in [0.29, 0.717) is 6.61 Å². The molecular formula is C56H80N4O20. The summed E-state index contributed by atoms with van der Waals surface area (Å²) in [5, 5.41) is 26.4. The number of nitrogens with one attached hydrogen (secondary N) is 3. The van der Waals surface area contributed by atoms with Gasteiger partial charge in [-0.1, -0.05) is 66.7 Å². The Morgan fingerprint density at radius 2 is 1.07 bits per heavy atom. The summed E-state index contributed by atoms with van der Waals surface area (Å²) in [5.74, 6) is -2.45. The Hall–Kier alpha value is -6.16. The van der Waals surface area contributed by atoms with E-state index in [2.05, 4.69) is 16.0 Å². The van der Waals surface area contributed by atoms with Crippen molar-refractivity contribution in [2.45, 2.75) is 70.9 Å². The zero-order chi connectivity index (χ0) is 57.6. The number of aliphatic hydroxyl groups excluding tert-OH is 2. The van der Waals surface area contributed by atoms with Gasteiger partial charge >= 0.3 is 17.9 Å². The van der Waals surface area contributed by atoms with Crippen molar-refractivity contribution in [3.05, 3.63) is 90.0 Å². The van der Waals surface area contributed by atoms with Crippen molar-refractivity contribution < 1.29 is 95.8 Å². The lowest BCUT2D eigenvalue weighted by atomic mass is 9.99. The summed E-state index contributed by atoms with van der Waals surface area (Å²) in [6.45, 7) is 5.71. The topological polar surface area (TPSA) is 293 Å². The molecule has 0 aliphatic carbocycles. The first kappa shape index (κ1) is 66.4. The van der Waals surface area contributed by atoms with E-state index in [-0.39, 0.29) is 151 Å². The lowest BCUT2D eigenvalue weighted by molar-refractivity contribution is -0.267. The fourth-order valence-electron chi connectivity index (χ4n) is 7.91. The number of carbonyl (C=O) groups is 6. The third kappa shape index (κ3) is 28.3. The van der Waals surface area contributed by atoms with Gasteiger partial charge in [-0.2, -0.15) is 0 Å². The zero-order valence-electron chi connectivity index (χ0n) is 46.1. The standard InChI is InChI=1S/C56H80N4O20/c1-41(63)76-40-51-55(79-43(3)65)50(78-42(2)64)36-54(80-51)75-34-33-74-32-29-71-24-19-59-56(68)49(35-44-9-11-46(12-10-44)47-13-15-48(16-14-47)77-39-45-7-5-4-6-8-45)60(37-52(66)57-17-22-69-27-30-72-25-20-61)38-53(67)58-18-23-70-28-31-73-26-21-62/h4-16,49-51,54-55,61-62H,17-40H2,1-3H3,(H,57,66)(H,58,67)(H,59,68)/t49?,50-,51-,54-,55-/m1/s1. The van der Waals surface area contributed by atoms with E-state index < -0.39 is 66.3 Å². The Morgan fingerprint density at radius 1 is 0.575 bits per heavy atom. The monoisotopic (exact) mass is 1130 g/mol. The molecule has 24 nitrogen and oxygen atoms in total. The van der Waals surface area contributed by atoms with Gasteiger partial charge in [-0.3, -0.25) is 33.7 Å². The molecule has 3 amide bonds. The van der Waals surface area contributed by atoms with Crippen molar-refractivity contribution in [2.24, 2.45) is 0 Å². The van der Waals surface area contributed by atoms with E-state index in [4.69, 9.17) is 67.1 Å². The smallest absolute Gasteiger partial charge is 0.303 e. The molecule has 24 heteroatoms. The van der Waals surface area contributed by atoms with Crippen LogP contribution < -0.4 is 20.7 Å². The number of hydrogen-bond acceptors (Lipinski definition) is 21. The number of esters is 3. The van der Waals surface area contributed by atoms with Gasteiger partial charge in [0.25, 0.3) is 0 Å². The first-order valence-electron chi connectivity index (χ1n) is 26.7. The van der Waals surface area contributed by atoms with Crippen molar-refractivity contribution in [2.75, 3.05) is 138 Å². The van der Waals surface area contributed by atoms with E-state index in [0.717, 1.165) is 28.0 Å². The van der Waals surface area contributed by atoms with Crippen LogP contribution in [0.25, 0.3) is 11.1 Å². The highest BCUT2D eigenvalue weighted by molar-refractivity contribution is 5.86. The molecule has 3 aromatic carbocycles. The second kappa shape index (κ2) is 40.1. The molecule has 1 aliphatic rings. The van der Waals surface area contributed by atoms with Crippen LogP contribution in [0.3, 0.4) is 0 Å². The predicted molar refractivity (Wildman–Crippen MR) is 287 cm³/mol. The molecule has 444 valence electrons. The molecule has 1 fully saturated rings. The van der Waals surface area contributed by atoms with Crippen molar-refractivity contribution in [1.29, 1.82) is 0 Å². The molecule has 1 aliphatic heterocycles. The number of carbonyl (C=O) groups excluding carboxylic acids is 6. The van der Waals surface area contributed by atoms with Crippen LogP contribution in [-0.4, -0.2) is 220 Å². The van der Waals surface area contributed by atoms with Crippen LogP contribution in [0.4, 0.5) is 0 Å². The largest absolute Gasteiger partial charge is 0.489 e. The summed E-state index contributed by atoms with van der Waals surface area (Å²) in [7, 11) is 0. The summed E-state index contributed by atoms with van der Waals surface area (Å²) in [6, 6.07) is 24.3. The van der Waals surface area contributed by atoms with Crippen molar-refractivity contribution in [3.8, 4) is 16.9 Å². The lowest BCUT2D eigenvalue weighted by Gasteiger charge is -2.39. The van der Waals surface area contributed by atoms with Crippen LogP contribution in [0, 0.1) is 0 Å². The molecule has 0 bridgehead atoms. The fraction of sp³-hybridized carbons (Fsp3) is 0.571. The molecule has 1 heterocycles. The highest BCUT2D eigenvalue weighted by Gasteiger charge is 2.44. The van der Waals surface area contributed by atoms with Crippen molar-refractivity contribution >= 4 is 35.6 Å². The normalized spacial score (nSPS) is 16.3. The van der Waals surface area contributed by atoms with E-state index in [1.807, 2.05) is 78.9 Å². The third-order valence-electron chi connectivity index (χ3n) is 11.6. The SMILES string of the molecule is CC(=O)OC[C@H]1O[C@@H](OCCOCCOCCNC(=O)C(Cc2ccc(-c3ccc(OCc4ccccc4)cc3)cc2)N(CC(=O)NCCOCCOCCO)CC(=O)NCCOCCOCCO)C[C@@H](OC(C)=O)[C@H]1OC(C)=O. The molecule has 4 rings (SSSR count). The molecule has 0 aromatic heterocycles. The minimum absolute atomic E-state index is 0.0372. The summed E-state index contributed by atoms with van der Waals surface area (Å²) in [4.78, 5) is 78.1.